The van der Waals surface area contributed by atoms with Crippen molar-refractivity contribution in [3.8, 4) is 5.88 Å². The van der Waals surface area contributed by atoms with Gasteiger partial charge in [0.25, 0.3) is 5.91 Å². The molecule has 0 fully saturated rings. The van der Waals surface area contributed by atoms with Gasteiger partial charge < -0.3 is 20.7 Å². The van der Waals surface area contributed by atoms with Crippen LogP contribution in [0.15, 0.2) is 60.8 Å². The topological polar surface area (TPSA) is 104 Å². The van der Waals surface area contributed by atoms with Crippen LogP contribution in [0, 0.1) is 5.41 Å². The molecule has 4 aromatic rings. The second kappa shape index (κ2) is 8.83. The van der Waals surface area contributed by atoms with Crippen LogP contribution < -0.4 is 11.1 Å². The number of fused-ring (bicyclic) bond motifs is 1. The van der Waals surface area contributed by atoms with E-state index in [0.29, 0.717) is 33.3 Å². The number of carbonyl (C=O) groups excluding carboxylic acids is 1. The Balaban J connectivity index is 1.52. The first-order chi connectivity index (χ1) is 14.9. The monoisotopic (exact) mass is 452 g/mol. The van der Waals surface area contributed by atoms with Crippen molar-refractivity contribution in [2.24, 2.45) is 5.73 Å². The van der Waals surface area contributed by atoms with E-state index in [-0.39, 0.29) is 17.6 Å². The summed E-state index contributed by atoms with van der Waals surface area (Å²) in [6.07, 6.45) is 3.05. The number of nitrogens with one attached hydrogen (secondary N) is 2. The Kier molecular flexibility index (Phi) is 5.97. The highest BCUT2D eigenvalue weighted by Gasteiger charge is 2.16. The number of hydrogen-bond acceptors (Lipinski definition) is 4. The smallest absolute Gasteiger partial charge is 0.265 e. The van der Waals surface area contributed by atoms with Crippen LogP contribution in [-0.2, 0) is 19.4 Å². The van der Waals surface area contributed by atoms with Crippen LogP contribution in [-0.4, -0.2) is 21.4 Å². The van der Waals surface area contributed by atoms with E-state index in [1.165, 1.54) is 11.3 Å². The summed E-state index contributed by atoms with van der Waals surface area (Å²) in [6.45, 7) is 0.584. The zero-order valence-electron chi connectivity index (χ0n) is 16.6. The summed E-state index contributed by atoms with van der Waals surface area (Å²) in [5, 5.41) is 22.5. The van der Waals surface area contributed by atoms with Gasteiger partial charge in [-0.15, -0.1) is 11.3 Å². The Morgan fingerprint density at radius 2 is 1.87 bits per heavy atom. The predicted octanol–water partition coefficient (Wildman–Crippen LogP) is 5.04. The fourth-order valence-corrected chi connectivity index (χ4v) is 4.43. The van der Waals surface area contributed by atoms with Crippen molar-refractivity contribution in [3.05, 3.63) is 81.1 Å². The van der Waals surface area contributed by atoms with E-state index >= 15 is 0 Å². The highest BCUT2D eigenvalue weighted by Crippen LogP contribution is 2.34. The number of amides is 1. The lowest BCUT2D eigenvalue weighted by molar-refractivity contribution is 0.103. The first-order valence-electron chi connectivity index (χ1n) is 9.69. The lowest BCUT2D eigenvalue weighted by atomic mass is 10.1. The standard InChI is InChI=1S/C23H21ClN4O2S/c24-19-9-8-18(31-19)22(29)27-17-3-1-2-16-13-28(23(30)21(16)17)11-10-14-4-6-15(7-5-14)12-20(25)26/h1-9,13,30H,10-12H2,(H3,25,26)(H,27,29). The Hall–Kier alpha value is -3.29. The number of rotatable bonds is 7. The fourth-order valence-electron chi connectivity index (χ4n) is 3.49. The molecule has 0 radical (unpaired) electrons. The molecule has 0 saturated carbocycles. The maximum Gasteiger partial charge on any atom is 0.265 e. The molecule has 2 heterocycles. The number of thiophene rings is 1. The van der Waals surface area contributed by atoms with E-state index in [2.05, 4.69) is 5.32 Å². The molecule has 0 aliphatic rings. The number of aromatic hydroxyl groups is 1. The molecular weight excluding hydrogens is 432 g/mol. The summed E-state index contributed by atoms with van der Waals surface area (Å²) in [5.74, 6) is -0.00714. The van der Waals surface area contributed by atoms with Crippen molar-refractivity contribution >= 4 is 51.1 Å². The van der Waals surface area contributed by atoms with Crippen molar-refractivity contribution in [1.82, 2.24) is 4.57 Å². The van der Waals surface area contributed by atoms with E-state index in [1.807, 2.05) is 42.6 Å². The van der Waals surface area contributed by atoms with Gasteiger partial charge in [0.15, 0.2) is 0 Å². The fraction of sp³-hybridized carbons (Fsp3) is 0.130. The highest BCUT2D eigenvalue weighted by atomic mass is 35.5. The number of halogens is 1. The molecule has 0 aliphatic carbocycles. The molecule has 0 aliphatic heterocycles. The summed E-state index contributed by atoms with van der Waals surface area (Å²) in [6, 6.07) is 16.8. The van der Waals surface area contributed by atoms with E-state index in [4.69, 9.17) is 22.7 Å². The van der Waals surface area contributed by atoms with E-state index in [1.54, 1.807) is 22.8 Å². The number of hydrogen-bond donors (Lipinski definition) is 4. The molecule has 4 rings (SSSR count). The normalized spacial score (nSPS) is 11.0. The second-order valence-corrected chi connectivity index (χ2v) is 8.96. The largest absolute Gasteiger partial charge is 0.494 e. The summed E-state index contributed by atoms with van der Waals surface area (Å²) < 4.78 is 2.33. The van der Waals surface area contributed by atoms with Gasteiger partial charge in [-0.3, -0.25) is 10.2 Å². The van der Waals surface area contributed by atoms with Crippen LogP contribution >= 0.6 is 22.9 Å². The third kappa shape index (κ3) is 4.73. The average Bonchev–Trinajstić information content (AvgIpc) is 3.31. The summed E-state index contributed by atoms with van der Waals surface area (Å²) >= 11 is 7.13. The predicted molar refractivity (Wildman–Crippen MR) is 127 cm³/mol. The van der Waals surface area contributed by atoms with E-state index in [0.717, 1.165) is 22.9 Å². The second-order valence-electron chi connectivity index (χ2n) is 7.24. The number of nitrogens with two attached hydrogens (primary N) is 1. The molecule has 0 spiro atoms. The van der Waals surface area contributed by atoms with Crippen molar-refractivity contribution in [2.75, 3.05) is 5.32 Å². The van der Waals surface area contributed by atoms with Crippen LogP contribution in [0.4, 0.5) is 5.69 Å². The minimum Gasteiger partial charge on any atom is -0.494 e. The molecule has 0 unspecified atom stereocenters. The van der Waals surface area contributed by atoms with E-state index < -0.39 is 0 Å². The van der Waals surface area contributed by atoms with Crippen molar-refractivity contribution < 1.29 is 9.90 Å². The zero-order valence-corrected chi connectivity index (χ0v) is 18.1. The number of benzene rings is 2. The Labute approximate surface area is 188 Å². The van der Waals surface area contributed by atoms with Gasteiger partial charge in [-0.2, -0.15) is 0 Å². The molecule has 158 valence electrons. The SMILES string of the molecule is N=C(N)Cc1ccc(CCn2cc3cccc(NC(=O)c4ccc(Cl)s4)c3c2O)cc1. The summed E-state index contributed by atoms with van der Waals surface area (Å²) in [7, 11) is 0. The molecular formula is C23H21ClN4O2S. The van der Waals surface area contributed by atoms with E-state index in [9.17, 15) is 9.90 Å². The third-order valence-electron chi connectivity index (χ3n) is 4.99. The quantitative estimate of drug-likeness (QED) is 0.233. The maximum atomic E-state index is 12.5. The van der Waals surface area contributed by atoms with Gasteiger partial charge in [0.05, 0.1) is 26.1 Å². The van der Waals surface area contributed by atoms with Crippen LogP contribution in [0.5, 0.6) is 5.88 Å². The number of aryl methyl sites for hydroxylation is 2. The van der Waals surface area contributed by atoms with Gasteiger partial charge in [-0.05, 0) is 35.7 Å². The highest BCUT2D eigenvalue weighted by molar-refractivity contribution is 7.18. The molecule has 2 aromatic carbocycles. The van der Waals surface area contributed by atoms with Crippen LogP contribution in [0.2, 0.25) is 4.34 Å². The van der Waals surface area contributed by atoms with Gasteiger partial charge in [-0.25, -0.2) is 0 Å². The molecule has 5 N–H and O–H groups in total. The van der Waals surface area contributed by atoms with Crippen LogP contribution in [0.25, 0.3) is 10.8 Å². The molecule has 0 atom stereocenters. The van der Waals surface area contributed by atoms with Gasteiger partial charge in [0.1, 0.15) is 0 Å². The minimum atomic E-state index is -0.262. The molecule has 8 heteroatoms. The lowest BCUT2D eigenvalue weighted by Crippen LogP contribution is -2.12. The first kappa shape index (κ1) is 21.0. The Morgan fingerprint density at radius 3 is 2.55 bits per heavy atom. The summed E-state index contributed by atoms with van der Waals surface area (Å²) in [5.41, 5.74) is 8.12. The third-order valence-corrected chi connectivity index (χ3v) is 6.22. The Bertz CT molecular complexity index is 1260. The molecule has 6 nitrogen and oxygen atoms in total. The first-order valence-corrected chi connectivity index (χ1v) is 10.9. The number of aromatic nitrogens is 1. The number of amidine groups is 1. The number of carbonyl (C=O) groups is 1. The van der Waals surface area contributed by atoms with Crippen LogP contribution in [0.3, 0.4) is 0 Å². The minimum absolute atomic E-state index is 0.114. The van der Waals surface area contributed by atoms with Gasteiger partial charge in [0, 0.05) is 24.5 Å². The molecule has 1 amide bonds. The van der Waals surface area contributed by atoms with Gasteiger partial charge >= 0.3 is 0 Å². The van der Waals surface area contributed by atoms with Crippen molar-refractivity contribution in [1.29, 1.82) is 5.41 Å². The molecule has 2 aromatic heterocycles. The van der Waals surface area contributed by atoms with Crippen molar-refractivity contribution in [2.45, 2.75) is 19.4 Å². The maximum absolute atomic E-state index is 12.5. The van der Waals surface area contributed by atoms with Crippen molar-refractivity contribution in [3.63, 3.8) is 0 Å². The lowest BCUT2D eigenvalue weighted by Gasteiger charge is -2.08. The molecule has 31 heavy (non-hydrogen) atoms. The number of nitrogens with zero attached hydrogens (tertiary/aromatic N) is 1. The van der Waals surface area contributed by atoms with Gasteiger partial charge in [0.2, 0.25) is 5.88 Å². The molecule has 0 bridgehead atoms. The summed E-state index contributed by atoms with van der Waals surface area (Å²) in [4.78, 5) is 13.0. The Morgan fingerprint density at radius 1 is 1.13 bits per heavy atom. The van der Waals surface area contributed by atoms with Crippen LogP contribution in [0.1, 0.15) is 20.8 Å². The zero-order chi connectivity index (χ0) is 22.0. The number of anilines is 1. The van der Waals surface area contributed by atoms with Gasteiger partial charge in [-0.1, -0.05) is 48.0 Å². The molecule has 0 saturated heterocycles. The average molecular weight is 453 g/mol.